The number of pyridine rings is 1. The Labute approximate surface area is 167 Å². The molecule has 3 unspecified atom stereocenters. The first-order chi connectivity index (χ1) is 13.9. The van der Waals surface area contributed by atoms with Gasteiger partial charge in [0.05, 0.1) is 12.5 Å². The maximum Gasteiger partial charge on any atom is 0.328 e. The lowest BCUT2D eigenvalue weighted by Gasteiger charge is -2.22. The summed E-state index contributed by atoms with van der Waals surface area (Å²) in [6.45, 7) is 5.36. The van der Waals surface area contributed by atoms with Crippen LogP contribution in [0.4, 0.5) is 0 Å². The number of hydrogen-bond donors (Lipinski definition) is 3. The van der Waals surface area contributed by atoms with Crippen molar-refractivity contribution in [1.29, 1.82) is 0 Å². The van der Waals surface area contributed by atoms with Crippen LogP contribution < -0.4 is 5.32 Å². The van der Waals surface area contributed by atoms with Crippen LogP contribution in [0.1, 0.15) is 29.4 Å². The summed E-state index contributed by atoms with van der Waals surface area (Å²) in [6, 6.07) is 2.12. The number of carboxylic acids is 2. The van der Waals surface area contributed by atoms with E-state index in [0.29, 0.717) is 23.8 Å². The molecule has 2 fully saturated rings. The van der Waals surface area contributed by atoms with Crippen molar-refractivity contribution in [2.24, 2.45) is 5.92 Å². The van der Waals surface area contributed by atoms with Crippen molar-refractivity contribution in [2.75, 3.05) is 19.6 Å². The van der Waals surface area contributed by atoms with Gasteiger partial charge in [-0.25, -0.2) is 14.6 Å². The molecule has 29 heavy (non-hydrogen) atoms. The van der Waals surface area contributed by atoms with Crippen LogP contribution in [0.5, 0.6) is 0 Å². The molecule has 9 heteroatoms. The Morgan fingerprint density at radius 3 is 2.55 bits per heavy atom. The lowest BCUT2D eigenvalue weighted by atomic mass is 10.00. The van der Waals surface area contributed by atoms with Crippen LogP contribution in [0.2, 0.25) is 0 Å². The van der Waals surface area contributed by atoms with Crippen molar-refractivity contribution in [1.82, 2.24) is 15.2 Å². The van der Waals surface area contributed by atoms with Gasteiger partial charge >= 0.3 is 11.9 Å². The predicted octanol–water partition coefficient (Wildman–Crippen LogP) is 1.54. The molecule has 2 bridgehead atoms. The molecule has 2 aliphatic heterocycles. The lowest BCUT2D eigenvalue weighted by Crippen LogP contribution is -2.43. The second kappa shape index (κ2) is 8.87. The van der Waals surface area contributed by atoms with E-state index < -0.39 is 11.9 Å². The quantitative estimate of drug-likeness (QED) is 0.643. The Kier molecular flexibility index (Phi) is 6.28. The Morgan fingerprint density at radius 1 is 1.28 bits per heavy atom. The summed E-state index contributed by atoms with van der Waals surface area (Å²) in [4.78, 5) is 38.2. The summed E-state index contributed by atoms with van der Waals surface area (Å²) >= 11 is 0. The number of hydrogen-bond acceptors (Lipinski definition) is 6. The molecule has 2 saturated heterocycles. The summed E-state index contributed by atoms with van der Waals surface area (Å²) in [7, 11) is 0. The van der Waals surface area contributed by atoms with Gasteiger partial charge < -0.3 is 24.8 Å². The van der Waals surface area contributed by atoms with Crippen molar-refractivity contribution in [3.63, 3.8) is 0 Å². The summed E-state index contributed by atoms with van der Waals surface area (Å²) < 4.78 is 5.45. The fraction of sp³-hybridized carbons (Fsp3) is 0.400. The molecule has 4 heterocycles. The number of furan rings is 1. The molecule has 0 spiro atoms. The first kappa shape index (κ1) is 20.5. The Hall–Kier alpha value is -3.20. The van der Waals surface area contributed by atoms with Gasteiger partial charge in [-0.2, -0.15) is 0 Å². The van der Waals surface area contributed by atoms with E-state index in [0.717, 1.165) is 36.0 Å². The molecule has 154 valence electrons. The number of aromatic nitrogens is 1. The minimum Gasteiger partial charge on any atom is -0.478 e. The Morgan fingerprint density at radius 2 is 2.00 bits per heavy atom. The average Bonchev–Trinajstić information content (AvgIpc) is 3.41. The first-order valence-electron chi connectivity index (χ1n) is 9.40. The third-order valence-corrected chi connectivity index (χ3v) is 5.17. The molecule has 2 aliphatic rings. The van der Waals surface area contributed by atoms with Crippen LogP contribution in [0.25, 0.3) is 11.0 Å². The zero-order valence-electron chi connectivity index (χ0n) is 16.0. The second-order valence-corrected chi connectivity index (χ2v) is 7.08. The molecule has 0 saturated carbocycles. The monoisotopic (exact) mass is 401 g/mol. The fourth-order valence-electron chi connectivity index (χ4n) is 3.72. The Balaban J connectivity index is 0.000000258. The lowest BCUT2D eigenvalue weighted by molar-refractivity contribution is -0.134. The molecule has 9 nitrogen and oxygen atoms in total. The Bertz CT molecular complexity index is 935. The summed E-state index contributed by atoms with van der Waals surface area (Å²) in [5.74, 6) is -1.98. The number of nitrogens with zero attached hydrogens (tertiary/aromatic N) is 2. The molecular formula is C20H23N3O6. The zero-order valence-corrected chi connectivity index (χ0v) is 16.0. The van der Waals surface area contributed by atoms with Crippen LogP contribution in [0.15, 0.2) is 35.1 Å². The number of fused-ring (bicyclic) bond motifs is 3. The van der Waals surface area contributed by atoms with Crippen LogP contribution >= 0.6 is 0 Å². The van der Waals surface area contributed by atoms with Crippen molar-refractivity contribution in [2.45, 2.75) is 25.8 Å². The number of aryl methyl sites for hydroxylation is 1. The number of carbonyl (C=O) groups is 3. The van der Waals surface area contributed by atoms with E-state index in [4.69, 9.17) is 14.6 Å². The van der Waals surface area contributed by atoms with E-state index in [1.165, 1.54) is 13.0 Å². The van der Waals surface area contributed by atoms with E-state index in [1.54, 1.807) is 12.5 Å². The summed E-state index contributed by atoms with van der Waals surface area (Å²) in [5.41, 5.74) is 2.35. The number of aliphatic carboxylic acids is 2. The molecule has 3 atom stereocenters. The number of amides is 1. The van der Waals surface area contributed by atoms with Crippen molar-refractivity contribution < 1.29 is 29.0 Å². The maximum atomic E-state index is 12.4. The number of carboxylic acid groups (broad SMARTS) is 2. The van der Waals surface area contributed by atoms with Gasteiger partial charge in [-0.1, -0.05) is 6.92 Å². The van der Waals surface area contributed by atoms with E-state index >= 15 is 0 Å². The van der Waals surface area contributed by atoms with Crippen molar-refractivity contribution >= 4 is 28.8 Å². The van der Waals surface area contributed by atoms with Gasteiger partial charge in [0.15, 0.2) is 5.58 Å². The molecule has 0 aliphatic carbocycles. The van der Waals surface area contributed by atoms with E-state index in [1.807, 2.05) is 6.07 Å². The molecule has 3 N–H and O–H groups in total. The van der Waals surface area contributed by atoms with Gasteiger partial charge in [0.25, 0.3) is 5.91 Å². The smallest absolute Gasteiger partial charge is 0.328 e. The minimum atomic E-state index is -1.26. The number of carbonyl (C=O) groups excluding carboxylic acids is 1. The molecule has 0 aromatic carbocycles. The van der Waals surface area contributed by atoms with Crippen LogP contribution in [-0.2, 0) is 16.0 Å². The normalized spacial score (nSPS) is 22.4. The molecular weight excluding hydrogens is 378 g/mol. The van der Waals surface area contributed by atoms with Crippen LogP contribution in [0.3, 0.4) is 0 Å². The maximum absolute atomic E-state index is 12.4. The number of piperidine rings is 1. The van der Waals surface area contributed by atoms with Gasteiger partial charge in [-0.3, -0.25) is 4.79 Å². The minimum absolute atomic E-state index is 0.0705. The second-order valence-electron chi connectivity index (χ2n) is 7.08. The molecule has 4 rings (SSSR count). The first-order valence-corrected chi connectivity index (χ1v) is 9.40. The van der Waals surface area contributed by atoms with Crippen molar-refractivity contribution in [3.05, 3.63) is 41.9 Å². The molecule has 1 amide bonds. The highest BCUT2D eigenvalue weighted by atomic mass is 16.4. The summed E-state index contributed by atoms with van der Waals surface area (Å²) in [6.07, 6.45) is 6.59. The number of rotatable bonds is 5. The van der Waals surface area contributed by atoms with Crippen molar-refractivity contribution in [3.8, 4) is 0 Å². The third-order valence-electron chi connectivity index (χ3n) is 5.17. The van der Waals surface area contributed by atoms with E-state index in [2.05, 4.69) is 22.1 Å². The van der Waals surface area contributed by atoms with Gasteiger partial charge in [0.2, 0.25) is 0 Å². The van der Waals surface area contributed by atoms with Gasteiger partial charge in [-0.05, 0) is 36.9 Å². The van der Waals surface area contributed by atoms with Gasteiger partial charge in [-0.15, -0.1) is 0 Å². The largest absolute Gasteiger partial charge is 0.478 e. The van der Waals surface area contributed by atoms with Gasteiger partial charge in [0.1, 0.15) is 5.69 Å². The zero-order chi connectivity index (χ0) is 21.0. The SMILES string of the molecule is CCc1coc2cnc(C(=O)NC3CN4CCC3C4)cc12.O=C(O)/C=C/C(=O)O. The standard InChI is InChI=1S/C16H19N3O2.C4H4O4/c1-2-10-9-21-15-6-17-13(5-12(10)15)16(20)18-14-8-19-4-3-11(14)7-19;5-3(6)1-2-4(7)8/h5-6,9,11,14H,2-4,7-8H2,1H3,(H,18,20);1-2H,(H,5,6)(H,7,8)/b;2-1+. The predicted molar refractivity (Wildman–Crippen MR) is 104 cm³/mol. The molecule has 2 aromatic rings. The fourth-order valence-corrected chi connectivity index (χ4v) is 3.72. The number of nitrogens with one attached hydrogen (secondary N) is 1. The third kappa shape index (κ3) is 5.00. The van der Waals surface area contributed by atoms with Gasteiger partial charge in [0, 0.05) is 36.7 Å². The highest BCUT2D eigenvalue weighted by Crippen LogP contribution is 2.28. The summed E-state index contributed by atoms with van der Waals surface area (Å²) in [5, 5.41) is 19.8. The highest BCUT2D eigenvalue weighted by molar-refractivity contribution is 5.96. The highest BCUT2D eigenvalue weighted by Gasteiger charge is 2.38. The topological polar surface area (TPSA) is 133 Å². The van der Waals surface area contributed by atoms with E-state index in [-0.39, 0.29) is 11.9 Å². The molecule has 0 radical (unpaired) electrons. The van der Waals surface area contributed by atoms with E-state index in [9.17, 15) is 14.4 Å². The van der Waals surface area contributed by atoms with Crippen LogP contribution in [0, 0.1) is 5.92 Å². The molecule has 2 aromatic heterocycles. The van der Waals surface area contributed by atoms with Crippen LogP contribution in [-0.4, -0.2) is 63.6 Å². The average molecular weight is 401 g/mol.